The summed E-state index contributed by atoms with van der Waals surface area (Å²) in [5, 5.41) is 3.28. The monoisotopic (exact) mass is 198 g/mol. The van der Waals surface area contributed by atoms with E-state index in [0.29, 0.717) is 18.4 Å². The SMILES string of the molecule is CCONC(=O)C1NCC2CCCC21. The Balaban J connectivity index is 1.88. The van der Waals surface area contributed by atoms with E-state index < -0.39 is 0 Å². The molecule has 1 amide bonds. The van der Waals surface area contributed by atoms with Gasteiger partial charge in [-0.15, -0.1) is 0 Å². The maximum absolute atomic E-state index is 11.6. The van der Waals surface area contributed by atoms with E-state index in [9.17, 15) is 4.79 Å². The van der Waals surface area contributed by atoms with E-state index in [-0.39, 0.29) is 11.9 Å². The Kier molecular flexibility index (Phi) is 3.03. The van der Waals surface area contributed by atoms with Crippen LogP contribution in [0.5, 0.6) is 0 Å². The zero-order chi connectivity index (χ0) is 9.97. The second-order valence-electron chi connectivity index (χ2n) is 4.14. The predicted octanol–water partition coefficient (Wildman–Crippen LogP) is 0.442. The molecule has 2 aliphatic rings. The van der Waals surface area contributed by atoms with Gasteiger partial charge in [0.1, 0.15) is 0 Å². The molecule has 1 heterocycles. The fraction of sp³-hybridized carbons (Fsp3) is 0.900. The standard InChI is InChI=1S/C10H18N2O2/c1-2-14-12-10(13)9-8-5-3-4-7(8)6-11-9/h7-9,11H,2-6H2,1H3,(H,12,13). The Hall–Kier alpha value is -0.610. The second kappa shape index (κ2) is 4.28. The van der Waals surface area contributed by atoms with Crippen LogP contribution in [0.4, 0.5) is 0 Å². The Labute approximate surface area is 84.3 Å². The minimum Gasteiger partial charge on any atom is -0.305 e. The van der Waals surface area contributed by atoms with E-state index in [0.717, 1.165) is 6.54 Å². The van der Waals surface area contributed by atoms with E-state index >= 15 is 0 Å². The lowest BCUT2D eigenvalue weighted by Gasteiger charge is -2.16. The summed E-state index contributed by atoms with van der Waals surface area (Å²) in [6, 6.07) is -0.0194. The highest BCUT2D eigenvalue weighted by Gasteiger charge is 2.42. The van der Waals surface area contributed by atoms with Gasteiger partial charge < -0.3 is 5.32 Å². The summed E-state index contributed by atoms with van der Waals surface area (Å²) in [4.78, 5) is 16.6. The van der Waals surface area contributed by atoms with Crippen molar-refractivity contribution in [3.05, 3.63) is 0 Å². The van der Waals surface area contributed by atoms with Crippen LogP contribution in [0.3, 0.4) is 0 Å². The molecule has 1 saturated carbocycles. The number of hydroxylamine groups is 1. The summed E-state index contributed by atoms with van der Waals surface area (Å²) >= 11 is 0. The molecule has 1 aliphatic carbocycles. The fourth-order valence-corrected chi connectivity index (χ4v) is 2.68. The lowest BCUT2D eigenvalue weighted by molar-refractivity contribution is -0.136. The van der Waals surface area contributed by atoms with Crippen LogP contribution in [0.15, 0.2) is 0 Å². The van der Waals surface area contributed by atoms with Gasteiger partial charge in [-0.3, -0.25) is 9.63 Å². The highest BCUT2D eigenvalue weighted by Crippen LogP contribution is 2.37. The molecule has 0 bridgehead atoms. The van der Waals surface area contributed by atoms with Crippen LogP contribution in [-0.2, 0) is 9.63 Å². The van der Waals surface area contributed by atoms with Crippen LogP contribution in [0.1, 0.15) is 26.2 Å². The largest absolute Gasteiger partial charge is 0.305 e. The van der Waals surface area contributed by atoms with E-state index in [1.54, 1.807) is 0 Å². The average Bonchev–Trinajstić information content (AvgIpc) is 2.74. The van der Waals surface area contributed by atoms with Crippen LogP contribution in [0.25, 0.3) is 0 Å². The minimum atomic E-state index is -0.0194. The first-order valence-electron chi connectivity index (χ1n) is 5.48. The van der Waals surface area contributed by atoms with Crippen molar-refractivity contribution >= 4 is 5.91 Å². The van der Waals surface area contributed by atoms with E-state index in [1.807, 2.05) is 6.92 Å². The molecule has 14 heavy (non-hydrogen) atoms. The Bertz CT molecular complexity index is 220. The topological polar surface area (TPSA) is 50.4 Å². The van der Waals surface area contributed by atoms with Gasteiger partial charge in [-0.05, 0) is 38.1 Å². The van der Waals surface area contributed by atoms with E-state index in [4.69, 9.17) is 4.84 Å². The number of hydrogen-bond donors (Lipinski definition) is 2. The Morgan fingerprint density at radius 2 is 2.43 bits per heavy atom. The summed E-state index contributed by atoms with van der Waals surface area (Å²) in [7, 11) is 0. The van der Waals surface area contributed by atoms with Gasteiger partial charge >= 0.3 is 0 Å². The maximum Gasteiger partial charge on any atom is 0.260 e. The fourth-order valence-electron chi connectivity index (χ4n) is 2.68. The number of hydrogen-bond acceptors (Lipinski definition) is 3. The third-order valence-electron chi connectivity index (χ3n) is 3.35. The number of carbonyl (C=O) groups excluding carboxylic acids is 1. The summed E-state index contributed by atoms with van der Waals surface area (Å²) in [5.74, 6) is 1.25. The summed E-state index contributed by atoms with van der Waals surface area (Å²) < 4.78 is 0. The van der Waals surface area contributed by atoms with Crippen LogP contribution in [-0.4, -0.2) is 25.1 Å². The molecule has 0 radical (unpaired) electrons. The van der Waals surface area contributed by atoms with Gasteiger partial charge in [-0.1, -0.05) is 6.42 Å². The molecule has 80 valence electrons. The van der Waals surface area contributed by atoms with Crippen molar-refractivity contribution in [2.45, 2.75) is 32.2 Å². The van der Waals surface area contributed by atoms with Crippen LogP contribution < -0.4 is 10.8 Å². The molecule has 2 N–H and O–H groups in total. The highest BCUT2D eigenvalue weighted by atomic mass is 16.6. The van der Waals surface area contributed by atoms with Gasteiger partial charge in [-0.2, -0.15) is 0 Å². The smallest absolute Gasteiger partial charge is 0.260 e. The highest BCUT2D eigenvalue weighted by molar-refractivity contribution is 5.81. The first-order chi connectivity index (χ1) is 6.83. The van der Waals surface area contributed by atoms with Crippen molar-refractivity contribution in [3.63, 3.8) is 0 Å². The molecule has 0 aromatic heterocycles. The van der Waals surface area contributed by atoms with Gasteiger partial charge in [0.2, 0.25) is 0 Å². The van der Waals surface area contributed by atoms with Gasteiger partial charge in [0, 0.05) is 0 Å². The number of amides is 1. The minimum absolute atomic E-state index is 0.00116. The lowest BCUT2D eigenvalue weighted by atomic mass is 9.94. The molecule has 3 atom stereocenters. The molecule has 2 fully saturated rings. The van der Waals surface area contributed by atoms with Gasteiger partial charge in [0.25, 0.3) is 5.91 Å². The number of rotatable bonds is 3. The Morgan fingerprint density at radius 3 is 3.21 bits per heavy atom. The summed E-state index contributed by atoms with van der Waals surface area (Å²) in [5.41, 5.74) is 2.49. The van der Waals surface area contributed by atoms with Crippen LogP contribution in [0.2, 0.25) is 0 Å². The van der Waals surface area contributed by atoms with Gasteiger partial charge in [0.15, 0.2) is 0 Å². The molecule has 1 aliphatic heterocycles. The number of fused-ring (bicyclic) bond motifs is 1. The van der Waals surface area contributed by atoms with Crippen molar-refractivity contribution in [2.24, 2.45) is 11.8 Å². The molecule has 3 unspecified atom stereocenters. The molecule has 2 rings (SSSR count). The lowest BCUT2D eigenvalue weighted by Crippen LogP contribution is -2.43. The van der Waals surface area contributed by atoms with Crippen molar-refractivity contribution < 1.29 is 9.63 Å². The maximum atomic E-state index is 11.6. The molecule has 0 aromatic carbocycles. The van der Waals surface area contributed by atoms with Crippen molar-refractivity contribution in [3.8, 4) is 0 Å². The normalized spacial score (nSPS) is 35.6. The molecule has 0 spiro atoms. The summed E-state index contributed by atoms with van der Waals surface area (Å²) in [6.07, 6.45) is 3.73. The van der Waals surface area contributed by atoms with Crippen LogP contribution in [0, 0.1) is 11.8 Å². The third-order valence-corrected chi connectivity index (χ3v) is 3.35. The van der Waals surface area contributed by atoms with Crippen molar-refractivity contribution in [1.29, 1.82) is 0 Å². The second-order valence-corrected chi connectivity index (χ2v) is 4.14. The molecule has 4 heteroatoms. The van der Waals surface area contributed by atoms with Gasteiger partial charge in [0.05, 0.1) is 12.6 Å². The predicted molar refractivity (Wildman–Crippen MR) is 52.4 cm³/mol. The summed E-state index contributed by atoms with van der Waals surface area (Å²) in [6.45, 7) is 3.38. The van der Waals surface area contributed by atoms with Gasteiger partial charge in [-0.25, -0.2) is 5.48 Å². The van der Waals surface area contributed by atoms with Crippen LogP contribution >= 0.6 is 0 Å². The third kappa shape index (κ3) is 1.77. The van der Waals surface area contributed by atoms with E-state index in [1.165, 1.54) is 19.3 Å². The molecule has 4 nitrogen and oxygen atoms in total. The molecule has 0 aromatic rings. The Morgan fingerprint density at radius 1 is 1.57 bits per heavy atom. The first-order valence-corrected chi connectivity index (χ1v) is 5.48. The zero-order valence-electron chi connectivity index (χ0n) is 8.58. The quantitative estimate of drug-likeness (QED) is 0.647. The van der Waals surface area contributed by atoms with Crippen molar-refractivity contribution in [1.82, 2.24) is 10.8 Å². The average molecular weight is 198 g/mol. The zero-order valence-corrected chi connectivity index (χ0v) is 8.58. The molecular weight excluding hydrogens is 180 g/mol. The van der Waals surface area contributed by atoms with E-state index in [2.05, 4.69) is 10.8 Å². The molecule has 1 saturated heterocycles. The number of nitrogens with one attached hydrogen (secondary N) is 2. The number of carbonyl (C=O) groups is 1. The first kappa shape index (κ1) is 9.93. The van der Waals surface area contributed by atoms with Crippen molar-refractivity contribution in [2.75, 3.05) is 13.2 Å². The molecular formula is C10H18N2O2.